The number of hydrogen-bond acceptors (Lipinski definition) is 2. The predicted molar refractivity (Wildman–Crippen MR) is 113 cm³/mol. The van der Waals surface area contributed by atoms with Crippen molar-refractivity contribution >= 4 is 11.6 Å². The Morgan fingerprint density at radius 1 is 0.821 bits per heavy atom. The number of nitrogens with zero attached hydrogens (tertiary/aromatic N) is 2. The third-order valence-corrected chi connectivity index (χ3v) is 4.59. The molecule has 0 unspecified atom stereocenters. The average molecular weight is 367 g/mol. The van der Waals surface area contributed by atoms with Crippen molar-refractivity contribution in [2.75, 3.05) is 5.32 Å². The van der Waals surface area contributed by atoms with Gasteiger partial charge in [-0.3, -0.25) is 4.79 Å². The highest BCUT2D eigenvalue weighted by atomic mass is 16.2. The van der Waals surface area contributed by atoms with Gasteiger partial charge in [0.25, 0.3) is 5.91 Å². The highest BCUT2D eigenvalue weighted by molar-refractivity contribution is 6.03. The Balaban J connectivity index is 1.62. The standard InChI is InChI=1S/C24H21N3O/c1-17-8-12-21(13-9-17)25-24(28)23-16-18(2)26-27(23)22-14-10-20(11-15-22)19-6-4-3-5-7-19/h3-16H,1-2H3,(H,25,28). The number of amides is 1. The molecule has 0 saturated heterocycles. The van der Waals surface area contributed by atoms with Gasteiger partial charge in [0.1, 0.15) is 5.69 Å². The molecule has 1 aromatic heterocycles. The summed E-state index contributed by atoms with van der Waals surface area (Å²) in [5.41, 5.74) is 6.34. The van der Waals surface area contributed by atoms with Gasteiger partial charge in [-0.25, -0.2) is 4.68 Å². The Morgan fingerprint density at radius 3 is 2.14 bits per heavy atom. The Kier molecular flexibility index (Phi) is 4.77. The summed E-state index contributed by atoms with van der Waals surface area (Å²) in [6, 6.07) is 27.8. The van der Waals surface area contributed by atoms with Gasteiger partial charge in [0, 0.05) is 5.69 Å². The lowest BCUT2D eigenvalue weighted by Gasteiger charge is -2.10. The van der Waals surface area contributed by atoms with Crippen molar-refractivity contribution in [2.24, 2.45) is 0 Å². The monoisotopic (exact) mass is 367 g/mol. The lowest BCUT2D eigenvalue weighted by molar-refractivity contribution is 0.101. The maximum atomic E-state index is 12.8. The van der Waals surface area contributed by atoms with E-state index in [4.69, 9.17) is 0 Å². The number of aromatic nitrogens is 2. The van der Waals surface area contributed by atoms with E-state index in [0.29, 0.717) is 5.69 Å². The van der Waals surface area contributed by atoms with Crippen LogP contribution in [0.2, 0.25) is 0 Å². The fraction of sp³-hybridized carbons (Fsp3) is 0.0833. The number of benzene rings is 3. The first kappa shape index (κ1) is 17.7. The summed E-state index contributed by atoms with van der Waals surface area (Å²) in [5, 5.41) is 7.46. The largest absolute Gasteiger partial charge is 0.321 e. The molecule has 0 fully saturated rings. The fourth-order valence-corrected chi connectivity index (χ4v) is 3.12. The van der Waals surface area contributed by atoms with Crippen molar-refractivity contribution in [3.8, 4) is 16.8 Å². The van der Waals surface area contributed by atoms with E-state index >= 15 is 0 Å². The topological polar surface area (TPSA) is 46.9 Å². The number of rotatable bonds is 4. The van der Waals surface area contributed by atoms with Crippen molar-refractivity contribution < 1.29 is 4.79 Å². The number of carbonyl (C=O) groups excluding carboxylic acids is 1. The second-order valence-electron chi connectivity index (χ2n) is 6.82. The van der Waals surface area contributed by atoms with E-state index in [0.717, 1.165) is 33.8 Å². The van der Waals surface area contributed by atoms with Crippen LogP contribution in [0.3, 0.4) is 0 Å². The molecule has 4 nitrogen and oxygen atoms in total. The minimum absolute atomic E-state index is 0.184. The summed E-state index contributed by atoms with van der Waals surface area (Å²) < 4.78 is 1.69. The first-order chi connectivity index (χ1) is 13.6. The van der Waals surface area contributed by atoms with E-state index in [2.05, 4.69) is 22.5 Å². The number of aryl methyl sites for hydroxylation is 2. The van der Waals surface area contributed by atoms with Crippen LogP contribution >= 0.6 is 0 Å². The van der Waals surface area contributed by atoms with Gasteiger partial charge in [-0.1, -0.05) is 60.2 Å². The zero-order chi connectivity index (χ0) is 19.5. The molecule has 0 saturated carbocycles. The molecule has 0 aliphatic rings. The van der Waals surface area contributed by atoms with Gasteiger partial charge < -0.3 is 5.32 Å². The number of anilines is 1. The minimum Gasteiger partial charge on any atom is -0.321 e. The van der Waals surface area contributed by atoms with Crippen molar-refractivity contribution in [3.05, 3.63) is 102 Å². The van der Waals surface area contributed by atoms with Crippen LogP contribution in [0.15, 0.2) is 84.9 Å². The molecule has 1 heterocycles. The van der Waals surface area contributed by atoms with E-state index < -0.39 is 0 Å². The molecule has 1 amide bonds. The van der Waals surface area contributed by atoms with Gasteiger partial charge in [0.15, 0.2) is 0 Å². The van der Waals surface area contributed by atoms with Gasteiger partial charge in [0.2, 0.25) is 0 Å². The molecule has 4 aromatic rings. The molecule has 3 aromatic carbocycles. The van der Waals surface area contributed by atoms with Crippen LogP contribution in [0.25, 0.3) is 16.8 Å². The third kappa shape index (κ3) is 3.71. The van der Waals surface area contributed by atoms with Crippen molar-refractivity contribution in [1.29, 1.82) is 0 Å². The van der Waals surface area contributed by atoms with E-state index in [1.54, 1.807) is 10.7 Å². The second kappa shape index (κ2) is 7.53. The molecular weight excluding hydrogens is 346 g/mol. The fourth-order valence-electron chi connectivity index (χ4n) is 3.12. The molecule has 138 valence electrons. The number of nitrogens with one attached hydrogen (secondary N) is 1. The second-order valence-corrected chi connectivity index (χ2v) is 6.82. The summed E-state index contributed by atoms with van der Waals surface area (Å²) in [7, 11) is 0. The molecule has 4 rings (SSSR count). The van der Waals surface area contributed by atoms with Gasteiger partial charge in [-0.05, 0) is 55.3 Å². The van der Waals surface area contributed by atoms with Crippen molar-refractivity contribution in [3.63, 3.8) is 0 Å². The van der Waals surface area contributed by atoms with Crippen LogP contribution in [0.1, 0.15) is 21.7 Å². The highest BCUT2D eigenvalue weighted by Gasteiger charge is 2.15. The van der Waals surface area contributed by atoms with Crippen LogP contribution in [-0.4, -0.2) is 15.7 Å². The lowest BCUT2D eigenvalue weighted by atomic mass is 10.1. The van der Waals surface area contributed by atoms with Crippen molar-refractivity contribution in [1.82, 2.24) is 9.78 Å². The molecule has 4 heteroatoms. The molecule has 0 aliphatic carbocycles. The van der Waals surface area contributed by atoms with Gasteiger partial charge in [-0.2, -0.15) is 5.10 Å². The molecule has 0 bridgehead atoms. The lowest BCUT2D eigenvalue weighted by Crippen LogP contribution is -2.16. The van der Waals surface area contributed by atoms with Gasteiger partial charge >= 0.3 is 0 Å². The molecule has 1 N–H and O–H groups in total. The molecule has 0 atom stereocenters. The van der Waals surface area contributed by atoms with Gasteiger partial charge in [-0.15, -0.1) is 0 Å². The van der Waals surface area contributed by atoms with Crippen LogP contribution < -0.4 is 5.32 Å². The maximum absolute atomic E-state index is 12.8. The molecule has 0 aliphatic heterocycles. The SMILES string of the molecule is Cc1ccc(NC(=O)c2cc(C)nn2-c2ccc(-c3ccccc3)cc2)cc1. The normalized spacial score (nSPS) is 10.6. The third-order valence-electron chi connectivity index (χ3n) is 4.59. The zero-order valence-electron chi connectivity index (χ0n) is 15.9. The van der Waals surface area contributed by atoms with Crippen LogP contribution in [0.4, 0.5) is 5.69 Å². The summed E-state index contributed by atoms with van der Waals surface area (Å²) in [4.78, 5) is 12.8. The van der Waals surface area contributed by atoms with E-state index in [-0.39, 0.29) is 5.91 Å². The van der Waals surface area contributed by atoms with E-state index in [1.807, 2.05) is 80.6 Å². The smallest absolute Gasteiger partial charge is 0.274 e. The summed E-state index contributed by atoms with van der Waals surface area (Å²) in [6.07, 6.45) is 0. The molecule has 28 heavy (non-hydrogen) atoms. The molecular formula is C24H21N3O. The maximum Gasteiger partial charge on any atom is 0.274 e. The Labute approximate surface area is 164 Å². The first-order valence-corrected chi connectivity index (χ1v) is 9.21. The average Bonchev–Trinajstić information content (AvgIpc) is 3.12. The Hall–Kier alpha value is -3.66. The number of hydrogen-bond donors (Lipinski definition) is 1. The Bertz CT molecular complexity index is 1100. The van der Waals surface area contributed by atoms with E-state index in [1.165, 1.54) is 0 Å². The molecule has 0 spiro atoms. The first-order valence-electron chi connectivity index (χ1n) is 9.21. The quantitative estimate of drug-likeness (QED) is 0.524. The van der Waals surface area contributed by atoms with Crippen LogP contribution in [0.5, 0.6) is 0 Å². The van der Waals surface area contributed by atoms with Crippen LogP contribution in [-0.2, 0) is 0 Å². The predicted octanol–water partition coefficient (Wildman–Crippen LogP) is 5.41. The molecule has 0 radical (unpaired) electrons. The minimum atomic E-state index is -0.184. The van der Waals surface area contributed by atoms with Gasteiger partial charge in [0.05, 0.1) is 11.4 Å². The highest BCUT2D eigenvalue weighted by Crippen LogP contribution is 2.22. The summed E-state index contributed by atoms with van der Waals surface area (Å²) in [5.74, 6) is -0.184. The Morgan fingerprint density at radius 2 is 1.46 bits per heavy atom. The van der Waals surface area contributed by atoms with Crippen molar-refractivity contribution in [2.45, 2.75) is 13.8 Å². The number of carbonyl (C=O) groups is 1. The summed E-state index contributed by atoms with van der Waals surface area (Å²) >= 11 is 0. The summed E-state index contributed by atoms with van der Waals surface area (Å²) in [6.45, 7) is 3.90. The zero-order valence-corrected chi connectivity index (χ0v) is 15.9. The van der Waals surface area contributed by atoms with E-state index in [9.17, 15) is 4.79 Å². The van der Waals surface area contributed by atoms with Crippen LogP contribution in [0, 0.1) is 13.8 Å².